The number of aliphatic hydroxyl groups is 1. The average Bonchev–Trinajstić information content (AvgIpc) is 3.05. The summed E-state index contributed by atoms with van der Waals surface area (Å²) in [4.78, 5) is 13.6. The summed E-state index contributed by atoms with van der Waals surface area (Å²) >= 11 is 0. The fraction of sp³-hybridized carbons (Fsp3) is 0.909. The molecule has 2 fully saturated rings. The van der Waals surface area contributed by atoms with E-state index in [0.717, 1.165) is 19.4 Å². The Morgan fingerprint density at radius 1 is 1.33 bits per heavy atom. The number of rotatable bonds is 7. The van der Waals surface area contributed by atoms with Crippen LogP contribution in [0.3, 0.4) is 0 Å². The van der Waals surface area contributed by atoms with Crippen LogP contribution < -0.4 is 5.32 Å². The van der Waals surface area contributed by atoms with Crippen molar-refractivity contribution in [3.63, 3.8) is 0 Å². The van der Waals surface area contributed by atoms with Crippen LogP contribution in [0.4, 0.5) is 0 Å². The van der Waals surface area contributed by atoms with E-state index in [4.69, 9.17) is 5.11 Å². The Labute approximate surface area is 90.6 Å². The van der Waals surface area contributed by atoms with Gasteiger partial charge in [0.25, 0.3) is 0 Å². The standard InChI is InChI=1S/C11H20N2O2/c14-8-7-13(10-3-4-10)11(15)5-6-12-9-1-2-9/h9-10,12,14H,1-8H2. The van der Waals surface area contributed by atoms with Crippen LogP contribution in [-0.4, -0.2) is 47.7 Å². The van der Waals surface area contributed by atoms with Crippen LogP contribution in [0.25, 0.3) is 0 Å². The fourth-order valence-corrected chi connectivity index (χ4v) is 1.82. The number of hydrogen-bond donors (Lipinski definition) is 2. The minimum atomic E-state index is 0.0816. The molecule has 0 unspecified atom stereocenters. The van der Waals surface area contributed by atoms with Crippen LogP contribution in [0.5, 0.6) is 0 Å². The first-order valence-corrected chi connectivity index (χ1v) is 5.95. The van der Waals surface area contributed by atoms with Crippen LogP contribution in [0.2, 0.25) is 0 Å². The van der Waals surface area contributed by atoms with Gasteiger partial charge in [0.15, 0.2) is 0 Å². The first kappa shape index (κ1) is 10.9. The van der Waals surface area contributed by atoms with Crippen molar-refractivity contribution in [3.8, 4) is 0 Å². The molecule has 4 nitrogen and oxygen atoms in total. The molecule has 2 rings (SSSR count). The van der Waals surface area contributed by atoms with Gasteiger partial charge in [-0.05, 0) is 25.7 Å². The van der Waals surface area contributed by atoms with Crippen LogP contribution in [-0.2, 0) is 4.79 Å². The summed E-state index contributed by atoms with van der Waals surface area (Å²) in [7, 11) is 0. The molecule has 2 saturated carbocycles. The molecule has 0 atom stereocenters. The van der Waals surface area contributed by atoms with Gasteiger partial charge in [-0.2, -0.15) is 0 Å². The van der Waals surface area contributed by atoms with Crippen molar-refractivity contribution in [1.82, 2.24) is 10.2 Å². The van der Waals surface area contributed by atoms with Gasteiger partial charge in [-0.25, -0.2) is 0 Å². The lowest BCUT2D eigenvalue weighted by Gasteiger charge is -2.21. The third-order valence-electron chi connectivity index (χ3n) is 3.00. The van der Waals surface area contributed by atoms with E-state index in [2.05, 4.69) is 5.32 Å². The highest BCUT2D eigenvalue weighted by Crippen LogP contribution is 2.27. The minimum Gasteiger partial charge on any atom is -0.395 e. The average molecular weight is 212 g/mol. The third kappa shape index (κ3) is 3.47. The van der Waals surface area contributed by atoms with E-state index in [-0.39, 0.29) is 12.5 Å². The molecular formula is C11H20N2O2. The minimum absolute atomic E-state index is 0.0816. The zero-order valence-electron chi connectivity index (χ0n) is 9.11. The second-order valence-corrected chi connectivity index (χ2v) is 4.52. The van der Waals surface area contributed by atoms with Gasteiger partial charge >= 0.3 is 0 Å². The number of carbonyl (C=O) groups is 1. The number of nitrogens with zero attached hydrogens (tertiary/aromatic N) is 1. The number of aliphatic hydroxyl groups excluding tert-OH is 1. The third-order valence-corrected chi connectivity index (χ3v) is 3.00. The Kier molecular flexibility index (Phi) is 3.59. The van der Waals surface area contributed by atoms with Crippen molar-refractivity contribution >= 4 is 5.91 Å². The quantitative estimate of drug-likeness (QED) is 0.630. The topological polar surface area (TPSA) is 52.6 Å². The molecule has 0 heterocycles. The molecule has 0 aliphatic heterocycles. The van der Waals surface area contributed by atoms with E-state index in [1.54, 1.807) is 0 Å². The molecule has 15 heavy (non-hydrogen) atoms. The molecule has 0 aromatic heterocycles. The SMILES string of the molecule is O=C(CCNC1CC1)N(CCO)C1CC1. The molecule has 4 heteroatoms. The normalized spacial score (nSPS) is 20.3. The molecular weight excluding hydrogens is 192 g/mol. The van der Waals surface area contributed by atoms with Gasteiger partial charge in [0.05, 0.1) is 6.61 Å². The van der Waals surface area contributed by atoms with E-state index in [1.807, 2.05) is 4.90 Å². The summed E-state index contributed by atoms with van der Waals surface area (Å²) in [6, 6.07) is 1.09. The number of carbonyl (C=O) groups excluding carboxylic acids is 1. The Bertz CT molecular complexity index is 225. The summed E-state index contributed by atoms with van der Waals surface area (Å²) in [6.07, 6.45) is 5.32. The second-order valence-electron chi connectivity index (χ2n) is 4.52. The van der Waals surface area contributed by atoms with Crippen LogP contribution in [0.15, 0.2) is 0 Å². The molecule has 0 saturated heterocycles. The lowest BCUT2D eigenvalue weighted by atomic mass is 10.3. The van der Waals surface area contributed by atoms with E-state index < -0.39 is 0 Å². The fourth-order valence-electron chi connectivity index (χ4n) is 1.82. The van der Waals surface area contributed by atoms with Crippen molar-refractivity contribution in [2.24, 2.45) is 0 Å². The maximum Gasteiger partial charge on any atom is 0.224 e. The van der Waals surface area contributed by atoms with Gasteiger partial charge in [0, 0.05) is 31.6 Å². The second kappa shape index (κ2) is 4.94. The molecule has 0 aromatic carbocycles. The summed E-state index contributed by atoms with van der Waals surface area (Å²) in [6.45, 7) is 1.38. The van der Waals surface area contributed by atoms with Crippen LogP contribution in [0, 0.1) is 0 Å². The Morgan fingerprint density at radius 3 is 2.60 bits per heavy atom. The monoisotopic (exact) mass is 212 g/mol. The number of amides is 1. The molecule has 1 amide bonds. The molecule has 0 spiro atoms. The molecule has 2 N–H and O–H groups in total. The van der Waals surface area contributed by atoms with Crippen molar-refractivity contribution in [2.45, 2.75) is 44.2 Å². The highest BCUT2D eigenvalue weighted by molar-refractivity contribution is 5.77. The molecule has 0 radical (unpaired) electrons. The zero-order valence-corrected chi connectivity index (χ0v) is 9.11. The summed E-state index contributed by atoms with van der Waals surface area (Å²) in [5.74, 6) is 0.194. The van der Waals surface area contributed by atoms with Crippen molar-refractivity contribution in [1.29, 1.82) is 0 Å². The van der Waals surface area contributed by atoms with Crippen molar-refractivity contribution < 1.29 is 9.90 Å². The van der Waals surface area contributed by atoms with Crippen LogP contribution in [0.1, 0.15) is 32.1 Å². The molecule has 0 aromatic rings. The van der Waals surface area contributed by atoms with Gasteiger partial charge in [-0.3, -0.25) is 4.79 Å². The smallest absolute Gasteiger partial charge is 0.224 e. The van der Waals surface area contributed by atoms with E-state index in [0.29, 0.717) is 25.0 Å². The molecule has 2 aliphatic carbocycles. The van der Waals surface area contributed by atoms with Gasteiger partial charge in [0.2, 0.25) is 5.91 Å². The van der Waals surface area contributed by atoms with Crippen molar-refractivity contribution in [2.75, 3.05) is 19.7 Å². The molecule has 2 aliphatic rings. The summed E-state index contributed by atoms with van der Waals surface area (Å²) in [5.41, 5.74) is 0. The first-order valence-electron chi connectivity index (χ1n) is 5.95. The number of hydrogen-bond acceptors (Lipinski definition) is 3. The summed E-state index contributed by atoms with van der Waals surface area (Å²) < 4.78 is 0. The Hall–Kier alpha value is -0.610. The first-order chi connectivity index (χ1) is 7.31. The van der Waals surface area contributed by atoms with Gasteiger partial charge in [-0.15, -0.1) is 0 Å². The lowest BCUT2D eigenvalue weighted by molar-refractivity contribution is -0.132. The highest BCUT2D eigenvalue weighted by atomic mass is 16.3. The van der Waals surface area contributed by atoms with E-state index in [1.165, 1.54) is 12.8 Å². The summed E-state index contributed by atoms with van der Waals surface area (Å²) in [5, 5.41) is 12.2. The highest BCUT2D eigenvalue weighted by Gasteiger charge is 2.31. The molecule has 0 bridgehead atoms. The lowest BCUT2D eigenvalue weighted by Crippen LogP contribution is -2.37. The van der Waals surface area contributed by atoms with E-state index >= 15 is 0 Å². The van der Waals surface area contributed by atoms with E-state index in [9.17, 15) is 4.79 Å². The molecule has 86 valence electrons. The van der Waals surface area contributed by atoms with Gasteiger partial charge < -0.3 is 15.3 Å². The Balaban J connectivity index is 1.66. The van der Waals surface area contributed by atoms with Crippen LogP contribution >= 0.6 is 0 Å². The van der Waals surface area contributed by atoms with Gasteiger partial charge in [0.1, 0.15) is 0 Å². The van der Waals surface area contributed by atoms with Gasteiger partial charge in [-0.1, -0.05) is 0 Å². The maximum atomic E-state index is 11.8. The number of nitrogens with one attached hydrogen (secondary N) is 1. The Morgan fingerprint density at radius 2 is 2.07 bits per heavy atom. The zero-order chi connectivity index (χ0) is 10.7. The predicted octanol–water partition coefficient (Wildman–Crippen LogP) is 0.112. The largest absolute Gasteiger partial charge is 0.395 e. The maximum absolute atomic E-state index is 11.8. The van der Waals surface area contributed by atoms with Crippen molar-refractivity contribution in [3.05, 3.63) is 0 Å². The predicted molar refractivity (Wildman–Crippen MR) is 57.5 cm³/mol.